The summed E-state index contributed by atoms with van der Waals surface area (Å²) in [6, 6.07) is 5.81. The van der Waals surface area contributed by atoms with Crippen LogP contribution in [-0.2, 0) is 19.4 Å². The van der Waals surface area contributed by atoms with Crippen molar-refractivity contribution in [3.8, 4) is 11.5 Å². The fourth-order valence-corrected chi connectivity index (χ4v) is 4.85. The number of rotatable bonds is 14. The lowest BCUT2D eigenvalue weighted by Crippen LogP contribution is -2.35. The van der Waals surface area contributed by atoms with Gasteiger partial charge in [-0.15, -0.1) is 0 Å². The van der Waals surface area contributed by atoms with Crippen molar-refractivity contribution >= 4 is 16.9 Å². The SMILES string of the molecule is CCCCc1nc(NCc2ccc(OC)cc2OC)c2n[nH]c(CCCCCN3CCC(F)CC3)c2n1. The Morgan fingerprint density at radius 1 is 1.03 bits per heavy atom. The standard InChI is InChI=1S/C28H41FN6O2/c1-4-5-10-25-31-26-23(9-7-6-8-15-35-16-13-21(29)14-17-35)33-34-27(26)28(32-25)30-19-20-11-12-22(36-2)18-24(20)37-3/h11-12,18,21H,4-10,13-17,19H2,1-3H3,(H,33,34)(H,30,31,32). The fourth-order valence-electron chi connectivity index (χ4n) is 4.85. The van der Waals surface area contributed by atoms with Crippen molar-refractivity contribution in [3.63, 3.8) is 0 Å². The number of aromatic amines is 1. The van der Waals surface area contributed by atoms with Crippen LogP contribution in [0.15, 0.2) is 18.2 Å². The molecule has 1 aliphatic heterocycles. The number of nitrogens with one attached hydrogen (secondary N) is 2. The number of hydrogen-bond acceptors (Lipinski definition) is 7. The summed E-state index contributed by atoms with van der Waals surface area (Å²) in [7, 11) is 3.31. The highest BCUT2D eigenvalue weighted by Gasteiger charge is 2.18. The van der Waals surface area contributed by atoms with Crippen LogP contribution in [0.1, 0.15) is 69.0 Å². The third-order valence-corrected chi connectivity index (χ3v) is 7.13. The number of H-pyrrole nitrogens is 1. The number of ether oxygens (including phenoxy) is 2. The van der Waals surface area contributed by atoms with Crippen molar-refractivity contribution in [2.24, 2.45) is 0 Å². The van der Waals surface area contributed by atoms with E-state index >= 15 is 0 Å². The molecule has 202 valence electrons. The highest BCUT2D eigenvalue weighted by atomic mass is 19.1. The van der Waals surface area contributed by atoms with E-state index in [4.69, 9.17) is 19.4 Å². The molecule has 0 unspecified atom stereocenters. The van der Waals surface area contributed by atoms with Crippen LogP contribution < -0.4 is 14.8 Å². The summed E-state index contributed by atoms with van der Waals surface area (Å²) in [4.78, 5) is 12.1. The van der Waals surface area contributed by atoms with Crippen LogP contribution >= 0.6 is 0 Å². The Labute approximate surface area is 219 Å². The highest BCUT2D eigenvalue weighted by Crippen LogP contribution is 2.27. The first-order valence-electron chi connectivity index (χ1n) is 13.7. The molecule has 37 heavy (non-hydrogen) atoms. The number of hydrogen-bond donors (Lipinski definition) is 2. The summed E-state index contributed by atoms with van der Waals surface area (Å²) in [5, 5.41) is 11.3. The van der Waals surface area contributed by atoms with Crippen molar-refractivity contribution in [2.75, 3.05) is 39.2 Å². The Bertz CT molecular complexity index is 1130. The predicted octanol–water partition coefficient (Wildman–Crippen LogP) is 5.47. The van der Waals surface area contributed by atoms with E-state index in [1.807, 2.05) is 18.2 Å². The van der Waals surface area contributed by atoms with Gasteiger partial charge in [-0.25, -0.2) is 14.4 Å². The number of alkyl halides is 1. The fraction of sp³-hybridized carbons (Fsp3) is 0.607. The van der Waals surface area contributed by atoms with E-state index in [1.54, 1.807) is 14.2 Å². The number of halogens is 1. The molecular formula is C28H41FN6O2. The molecule has 1 aliphatic rings. The first-order valence-corrected chi connectivity index (χ1v) is 13.7. The van der Waals surface area contributed by atoms with Crippen molar-refractivity contribution in [1.29, 1.82) is 0 Å². The molecule has 3 heterocycles. The number of likely N-dealkylation sites (tertiary alicyclic amines) is 1. The van der Waals surface area contributed by atoms with Crippen LogP contribution in [0.5, 0.6) is 11.5 Å². The monoisotopic (exact) mass is 512 g/mol. The lowest BCUT2D eigenvalue weighted by atomic mass is 10.1. The zero-order chi connectivity index (χ0) is 26.0. The van der Waals surface area contributed by atoms with Crippen LogP contribution in [0.4, 0.5) is 10.2 Å². The van der Waals surface area contributed by atoms with Crippen molar-refractivity contribution in [1.82, 2.24) is 25.1 Å². The van der Waals surface area contributed by atoms with Gasteiger partial charge in [0, 0.05) is 37.7 Å². The smallest absolute Gasteiger partial charge is 0.158 e. The highest BCUT2D eigenvalue weighted by molar-refractivity contribution is 5.87. The molecule has 0 aliphatic carbocycles. The van der Waals surface area contributed by atoms with Gasteiger partial charge in [0.05, 0.1) is 19.9 Å². The molecule has 0 bridgehead atoms. The minimum atomic E-state index is -0.605. The number of piperidine rings is 1. The third kappa shape index (κ3) is 7.31. The molecule has 0 atom stereocenters. The molecule has 9 heteroatoms. The molecule has 0 saturated carbocycles. The average Bonchev–Trinajstić information content (AvgIpc) is 3.34. The molecule has 1 saturated heterocycles. The van der Waals surface area contributed by atoms with Gasteiger partial charge in [-0.05, 0) is 57.2 Å². The van der Waals surface area contributed by atoms with Crippen LogP contribution in [0.3, 0.4) is 0 Å². The zero-order valence-electron chi connectivity index (χ0n) is 22.5. The maximum atomic E-state index is 13.3. The van der Waals surface area contributed by atoms with Gasteiger partial charge in [0.2, 0.25) is 0 Å². The van der Waals surface area contributed by atoms with Gasteiger partial charge in [-0.3, -0.25) is 5.10 Å². The molecule has 2 aromatic heterocycles. The summed E-state index contributed by atoms with van der Waals surface area (Å²) in [6.45, 7) is 5.57. The molecule has 0 radical (unpaired) electrons. The van der Waals surface area contributed by atoms with E-state index in [0.717, 1.165) is 110 Å². The van der Waals surface area contributed by atoms with E-state index in [0.29, 0.717) is 19.4 Å². The third-order valence-electron chi connectivity index (χ3n) is 7.13. The largest absolute Gasteiger partial charge is 0.497 e. The first-order chi connectivity index (χ1) is 18.1. The van der Waals surface area contributed by atoms with Crippen molar-refractivity contribution < 1.29 is 13.9 Å². The number of aromatic nitrogens is 4. The van der Waals surface area contributed by atoms with Gasteiger partial charge < -0.3 is 19.7 Å². The second kappa shape index (κ2) is 13.6. The Morgan fingerprint density at radius 3 is 2.62 bits per heavy atom. The second-order valence-corrected chi connectivity index (χ2v) is 9.85. The molecular weight excluding hydrogens is 471 g/mol. The van der Waals surface area contributed by atoms with Gasteiger partial charge in [-0.2, -0.15) is 5.10 Å². The van der Waals surface area contributed by atoms with Gasteiger partial charge in [0.25, 0.3) is 0 Å². The lowest BCUT2D eigenvalue weighted by molar-refractivity contribution is 0.149. The maximum Gasteiger partial charge on any atom is 0.158 e. The van der Waals surface area contributed by atoms with Gasteiger partial charge in [-0.1, -0.05) is 19.8 Å². The summed E-state index contributed by atoms with van der Waals surface area (Å²) in [5.74, 6) is 3.11. The van der Waals surface area contributed by atoms with E-state index in [1.165, 1.54) is 0 Å². The molecule has 4 rings (SSSR count). The minimum absolute atomic E-state index is 0.550. The van der Waals surface area contributed by atoms with E-state index in [2.05, 4.69) is 27.3 Å². The maximum absolute atomic E-state index is 13.3. The molecule has 1 aromatic carbocycles. The molecule has 0 spiro atoms. The number of anilines is 1. The number of unbranched alkanes of at least 4 members (excludes halogenated alkanes) is 3. The molecule has 2 N–H and O–H groups in total. The quantitative estimate of drug-likeness (QED) is 0.277. The number of methoxy groups -OCH3 is 2. The minimum Gasteiger partial charge on any atom is -0.497 e. The van der Waals surface area contributed by atoms with Gasteiger partial charge >= 0.3 is 0 Å². The summed E-state index contributed by atoms with van der Waals surface area (Å²) < 4.78 is 24.2. The van der Waals surface area contributed by atoms with E-state index < -0.39 is 6.17 Å². The topological polar surface area (TPSA) is 88.2 Å². The Kier molecular flexibility index (Phi) is 9.93. The molecule has 0 amide bonds. The van der Waals surface area contributed by atoms with Gasteiger partial charge in [0.15, 0.2) is 11.3 Å². The van der Waals surface area contributed by atoms with E-state index in [9.17, 15) is 4.39 Å². The van der Waals surface area contributed by atoms with Gasteiger partial charge in [0.1, 0.15) is 29.0 Å². The van der Waals surface area contributed by atoms with Crippen molar-refractivity contribution in [2.45, 2.75) is 77.4 Å². The lowest BCUT2D eigenvalue weighted by Gasteiger charge is -2.28. The number of nitrogens with zero attached hydrogens (tertiary/aromatic N) is 4. The molecule has 8 nitrogen and oxygen atoms in total. The number of fused-ring (bicyclic) bond motifs is 1. The van der Waals surface area contributed by atoms with Crippen LogP contribution in [0, 0.1) is 0 Å². The summed E-state index contributed by atoms with van der Waals surface area (Å²) in [6.07, 6.45) is 7.97. The normalized spacial score (nSPS) is 14.8. The zero-order valence-corrected chi connectivity index (χ0v) is 22.5. The number of aryl methyl sites for hydroxylation is 2. The Morgan fingerprint density at radius 2 is 1.86 bits per heavy atom. The summed E-state index contributed by atoms with van der Waals surface area (Å²) >= 11 is 0. The molecule has 3 aromatic rings. The van der Waals surface area contributed by atoms with E-state index in [-0.39, 0.29) is 0 Å². The Hall–Kier alpha value is -2.94. The Balaban J connectivity index is 1.41. The average molecular weight is 513 g/mol. The number of benzene rings is 1. The molecule has 1 fully saturated rings. The van der Waals surface area contributed by atoms with Crippen LogP contribution in [-0.4, -0.2) is 65.1 Å². The predicted molar refractivity (Wildman–Crippen MR) is 145 cm³/mol. The summed E-state index contributed by atoms with van der Waals surface area (Å²) in [5.41, 5.74) is 3.77. The first kappa shape index (κ1) is 27.1. The van der Waals surface area contributed by atoms with Crippen LogP contribution in [0.25, 0.3) is 11.0 Å². The van der Waals surface area contributed by atoms with Crippen molar-refractivity contribution in [3.05, 3.63) is 35.3 Å². The second-order valence-electron chi connectivity index (χ2n) is 9.85. The van der Waals surface area contributed by atoms with Crippen LogP contribution in [0.2, 0.25) is 0 Å².